The topological polar surface area (TPSA) is 68.8 Å². The van der Waals surface area contributed by atoms with Crippen LogP contribution in [0, 0.1) is 20.8 Å². The van der Waals surface area contributed by atoms with Crippen molar-refractivity contribution < 1.29 is 9.53 Å². The van der Waals surface area contributed by atoms with E-state index < -0.39 is 12.0 Å². The first kappa shape index (κ1) is 27.4. The molecule has 1 atom stereocenters. The third-order valence-electron chi connectivity index (χ3n) is 7.26. The Morgan fingerprint density at radius 1 is 1.07 bits per heavy atom. The van der Waals surface area contributed by atoms with Gasteiger partial charge in [-0.15, -0.1) is 0 Å². The fourth-order valence-corrected chi connectivity index (χ4v) is 6.34. The number of rotatable bonds is 6. The number of aromatic nitrogens is 2. The lowest BCUT2D eigenvalue weighted by Gasteiger charge is -2.25. The molecule has 3 heterocycles. The predicted octanol–water partition coefficient (Wildman–Crippen LogP) is 4.58. The second kappa shape index (κ2) is 10.8. The normalized spacial score (nSPS) is 15.2. The molecule has 2 aromatic heterocycles. The number of benzene rings is 2. The van der Waals surface area contributed by atoms with Crippen molar-refractivity contribution in [2.45, 2.75) is 40.7 Å². The summed E-state index contributed by atoms with van der Waals surface area (Å²) in [6.07, 6.45) is 1.94. The highest BCUT2D eigenvalue weighted by Crippen LogP contribution is 2.31. The molecule has 7 nitrogen and oxygen atoms in total. The van der Waals surface area contributed by atoms with Gasteiger partial charge in [0.25, 0.3) is 5.56 Å². The van der Waals surface area contributed by atoms with Gasteiger partial charge in [0.1, 0.15) is 0 Å². The molecule has 0 amide bonds. The van der Waals surface area contributed by atoms with Gasteiger partial charge in [0.2, 0.25) is 0 Å². The smallest absolute Gasteiger partial charge is 0.338 e. The van der Waals surface area contributed by atoms with E-state index in [0.29, 0.717) is 20.6 Å². The Kier molecular flexibility index (Phi) is 7.38. The van der Waals surface area contributed by atoms with Crippen LogP contribution in [0.2, 0.25) is 0 Å². The summed E-state index contributed by atoms with van der Waals surface area (Å²) in [5.74, 6) is -0.457. The molecule has 0 saturated carbocycles. The SMILES string of the molecule is CCOC(=O)C1=C(C)N=c2s/c(=C/c3cc(C)n(-c4cccc(C)c4)c3C)c(=O)n2[C@@H]1c1ccc(N(C)C)cc1. The average Bonchev–Trinajstić information content (AvgIpc) is 3.37. The first-order valence-electron chi connectivity index (χ1n) is 13.3. The third kappa shape index (κ3) is 4.84. The Bertz CT molecular complexity index is 1820. The number of anilines is 1. The highest BCUT2D eigenvalue weighted by Gasteiger charge is 2.33. The Labute approximate surface area is 238 Å². The molecule has 0 saturated heterocycles. The molecule has 0 radical (unpaired) electrons. The highest BCUT2D eigenvalue weighted by atomic mass is 32.1. The minimum atomic E-state index is -0.631. The zero-order valence-electron chi connectivity index (χ0n) is 24.0. The summed E-state index contributed by atoms with van der Waals surface area (Å²) >= 11 is 1.34. The number of esters is 1. The van der Waals surface area contributed by atoms with Gasteiger partial charge in [0.15, 0.2) is 4.80 Å². The Morgan fingerprint density at radius 2 is 1.80 bits per heavy atom. The first-order chi connectivity index (χ1) is 19.1. The molecule has 0 N–H and O–H groups in total. The van der Waals surface area contributed by atoms with E-state index in [1.54, 1.807) is 18.4 Å². The molecule has 0 unspecified atom stereocenters. The zero-order valence-corrected chi connectivity index (χ0v) is 24.8. The molecule has 206 valence electrons. The summed E-state index contributed by atoms with van der Waals surface area (Å²) in [5.41, 5.74) is 8.00. The number of allylic oxidation sites excluding steroid dienone is 1. The van der Waals surface area contributed by atoms with Gasteiger partial charge in [-0.3, -0.25) is 9.36 Å². The first-order valence-corrected chi connectivity index (χ1v) is 14.1. The molecule has 0 bridgehead atoms. The largest absolute Gasteiger partial charge is 0.463 e. The molecule has 2 aromatic carbocycles. The minimum absolute atomic E-state index is 0.180. The van der Waals surface area contributed by atoms with Crippen molar-refractivity contribution in [2.24, 2.45) is 4.99 Å². The maximum Gasteiger partial charge on any atom is 0.338 e. The fourth-order valence-electron chi connectivity index (χ4n) is 5.30. The van der Waals surface area contributed by atoms with E-state index in [4.69, 9.17) is 9.73 Å². The number of hydrogen-bond acceptors (Lipinski definition) is 6. The standard InChI is InChI=1S/C32H34N4O3S/c1-8-39-31(38)28-21(4)33-32-36(29(28)23-12-14-25(15-13-23)34(6)7)30(37)27(40-32)18-24-17-20(3)35(22(24)5)26-11-9-10-19(2)16-26/h9-18,29H,8H2,1-7H3/b27-18+/t29-/m1/s1. The number of ether oxygens (including phenoxy) is 1. The Hall–Kier alpha value is -4.17. The molecule has 1 aliphatic heterocycles. The molecule has 0 aliphatic carbocycles. The molecule has 1 aliphatic rings. The van der Waals surface area contributed by atoms with E-state index in [9.17, 15) is 9.59 Å². The van der Waals surface area contributed by atoms with E-state index in [1.165, 1.54) is 16.9 Å². The zero-order chi connectivity index (χ0) is 28.7. The van der Waals surface area contributed by atoms with Crippen LogP contribution >= 0.6 is 11.3 Å². The van der Waals surface area contributed by atoms with Crippen molar-refractivity contribution in [1.29, 1.82) is 0 Å². The molecular weight excluding hydrogens is 520 g/mol. The van der Waals surface area contributed by atoms with Crippen LogP contribution < -0.4 is 19.8 Å². The number of aryl methyl sites for hydroxylation is 2. The van der Waals surface area contributed by atoms with Gasteiger partial charge in [0, 0.05) is 36.9 Å². The lowest BCUT2D eigenvalue weighted by Crippen LogP contribution is -2.40. The van der Waals surface area contributed by atoms with E-state index in [1.807, 2.05) is 49.3 Å². The average molecular weight is 555 g/mol. The van der Waals surface area contributed by atoms with Crippen LogP contribution in [0.4, 0.5) is 5.69 Å². The summed E-state index contributed by atoms with van der Waals surface area (Å²) in [5, 5.41) is 0. The van der Waals surface area contributed by atoms with Gasteiger partial charge < -0.3 is 14.2 Å². The quantitative estimate of drug-likeness (QED) is 0.327. The van der Waals surface area contributed by atoms with Gasteiger partial charge in [-0.25, -0.2) is 9.79 Å². The number of carbonyl (C=O) groups is 1. The lowest BCUT2D eigenvalue weighted by molar-refractivity contribution is -0.139. The van der Waals surface area contributed by atoms with Crippen molar-refractivity contribution in [3.8, 4) is 5.69 Å². The van der Waals surface area contributed by atoms with Crippen molar-refractivity contribution >= 4 is 29.1 Å². The number of nitrogens with zero attached hydrogens (tertiary/aromatic N) is 4. The molecule has 8 heteroatoms. The van der Waals surface area contributed by atoms with Crippen LogP contribution in [0.3, 0.4) is 0 Å². The fraction of sp³-hybridized carbons (Fsp3) is 0.281. The number of hydrogen-bond donors (Lipinski definition) is 0. The number of thiazole rings is 1. The maximum absolute atomic E-state index is 14.0. The van der Waals surface area contributed by atoms with E-state index in [2.05, 4.69) is 55.7 Å². The molecular formula is C32H34N4O3S. The summed E-state index contributed by atoms with van der Waals surface area (Å²) < 4.78 is 9.82. The summed E-state index contributed by atoms with van der Waals surface area (Å²) in [7, 11) is 3.95. The monoisotopic (exact) mass is 554 g/mol. The number of carbonyl (C=O) groups excluding carboxylic acids is 1. The predicted molar refractivity (Wildman–Crippen MR) is 161 cm³/mol. The summed E-state index contributed by atoms with van der Waals surface area (Å²) in [6, 6.07) is 17.7. The van der Waals surface area contributed by atoms with Crippen molar-refractivity contribution in [1.82, 2.24) is 9.13 Å². The Morgan fingerprint density at radius 3 is 2.45 bits per heavy atom. The van der Waals surface area contributed by atoms with E-state index in [-0.39, 0.29) is 12.2 Å². The Balaban J connectivity index is 1.68. The molecule has 4 aromatic rings. The van der Waals surface area contributed by atoms with Crippen molar-refractivity contribution in [3.63, 3.8) is 0 Å². The number of fused-ring (bicyclic) bond motifs is 1. The summed E-state index contributed by atoms with van der Waals surface area (Å²) in [4.78, 5) is 34.5. The van der Waals surface area contributed by atoms with Crippen LogP contribution in [-0.2, 0) is 9.53 Å². The van der Waals surface area contributed by atoms with Gasteiger partial charge in [0.05, 0.1) is 28.5 Å². The molecule has 5 rings (SSSR count). The molecule has 0 spiro atoms. The second-order valence-corrected chi connectivity index (χ2v) is 11.3. The van der Waals surface area contributed by atoms with Gasteiger partial charge in [-0.2, -0.15) is 0 Å². The van der Waals surface area contributed by atoms with Gasteiger partial charge in [-0.1, -0.05) is 35.6 Å². The summed E-state index contributed by atoms with van der Waals surface area (Å²) in [6.45, 7) is 10.0. The van der Waals surface area contributed by atoms with Crippen molar-refractivity contribution in [2.75, 3.05) is 25.6 Å². The van der Waals surface area contributed by atoms with Crippen LogP contribution in [0.1, 0.15) is 48.0 Å². The maximum atomic E-state index is 14.0. The molecule has 0 fully saturated rings. The van der Waals surface area contributed by atoms with E-state index in [0.717, 1.165) is 33.9 Å². The van der Waals surface area contributed by atoms with E-state index >= 15 is 0 Å². The second-order valence-electron chi connectivity index (χ2n) is 10.3. The third-order valence-corrected chi connectivity index (χ3v) is 8.24. The highest BCUT2D eigenvalue weighted by molar-refractivity contribution is 7.07. The lowest BCUT2D eigenvalue weighted by atomic mass is 9.95. The van der Waals surface area contributed by atoms with Gasteiger partial charge in [-0.05, 0) is 87.7 Å². The van der Waals surface area contributed by atoms with Gasteiger partial charge >= 0.3 is 5.97 Å². The van der Waals surface area contributed by atoms with Crippen LogP contribution in [0.25, 0.3) is 11.8 Å². The van der Waals surface area contributed by atoms with Crippen molar-refractivity contribution in [3.05, 3.63) is 114 Å². The van der Waals surface area contributed by atoms with Crippen LogP contribution in [0.15, 0.2) is 75.7 Å². The van der Waals surface area contributed by atoms with Crippen LogP contribution in [-0.4, -0.2) is 35.8 Å². The minimum Gasteiger partial charge on any atom is -0.463 e. The molecule has 40 heavy (non-hydrogen) atoms. The van der Waals surface area contributed by atoms with Crippen LogP contribution in [0.5, 0.6) is 0 Å².